The molecule has 0 aromatic rings. The predicted octanol–water partition coefficient (Wildman–Crippen LogP) is 8.09. The zero-order valence-corrected chi connectivity index (χ0v) is 25.3. The Morgan fingerprint density at radius 1 is 0.500 bits per heavy atom. The van der Waals surface area contributed by atoms with Gasteiger partial charge in [-0.1, -0.05) is 53.7 Å². The largest absolute Gasteiger partial charge is 0.376 e. The molecular weight excluding hydrogens is 424 g/mol. The van der Waals surface area contributed by atoms with Crippen LogP contribution in [0.2, 0.25) is 0 Å². The van der Waals surface area contributed by atoms with E-state index >= 15 is 0 Å². The Hall–Kier alpha value is -0.420. The lowest BCUT2D eigenvalue weighted by Gasteiger charge is -2.47. The van der Waals surface area contributed by atoms with E-state index in [1.54, 1.807) is 0 Å². The van der Waals surface area contributed by atoms with E-state index in [1.807, 2.05) is 0 Å². The van der Waals surface area contributed by atoms with E-state index in [1.165, 1.54) is 0 Å². The molecule has 2 atom stereocenters. The zero-order chi connectivity index (χ0) is 26.8. The van der Waals surface area contributed by atoms with Gasteiger partial charge in [0.2, 0.25) is 0 Å². The SMILES string of the molecule is CC(C)CC(C)(C=CC(C)(CC(C)C)C(C)(C)OCCOC(C)C)C(C)(C)OCCOC(C)C. The summed E-state index contributed by atoms with van der Waals surface area (Å²) in [5.74, 6) is 1.11. The highest BCUT2D eigenvalue weighted by Crippen LogP contribution is 2.46. The lowest BCUT2D eigenvalue weighted by molar-refractivity contribution is -0.116. The van der Waals surface area contributed by atoms with Crippen molar-refractivity contribution < 1.29 is 18.9 Å². The van der Waals surface area contributed by atoms with E-state index in [4.69, 9.17) is 18.9 Å². The summed E-state index contributed by atoms with van der Waals surface area (Å²) in [5.41, 5.74) is -0.923. The van der Waals surface area contributed by atoms with Crippen LogP contribution in [-0.2, 0) is 18.9 Å². The van der Waals surface area contributed by atoms with Gasteiger partial charge in [-0.05, 0) is 80.1 Å². The van der Waals surface area contributed by atoms with E-state index in [0.29, 0.717) is 38.3 Å². The maximum Gasteiger partial charge on any atom is 0.0715 e. The molecule has 0 aliphatic rings. The fraction of sp³-hybridized carbons (Fsp3) is 0.933. The first kappa shape index (κ1) is 33.6. The smallest absolute Gasteiger partial charge is 0.0715 e. The van der Waals surface area contributed by atoms with Crippen molar-refractivity contribution in [2.75, 3.05) is 26.4 Å². The van der Waals surface area contributed by atoms with Crippen LogP contribution in [0.3, 0.4) is 0 Å². The van der Waals surface area contributed by atoms with Crippen LogP contribution < -0.4 is 0 Å². The molecule has 0 amide bonds. The quantitative estimate of drug-likeness (QED) is 0.145. The minimum atomic E-state index is -0.330. The van der Waals surface area contributed by atoms with Gasteiger partial charge in [-0.15, -0.1) is 0 Å². The summed E-state index contributed by atoms with van der Waals surface area (Å²) in [4.78, 5) is 0. The minimum Gasteiger partial charge on any atom is -0.376 e. The molecule has 0 spiro atoms. The first-order valence-corrected chi connectivity index (χ1v) is 13.6. The number of hydrogen-bond acceptors (Lipinski definition) is 4. The molecule has 0 saturated heterocycles. The number of ether oxygens (including phenoxy) is 4. The third-order valence-electron chi connectivity index (χ3n) is 7.23. The van der Waals surface area contributed by atoms with Gasteiger partial charge in [0.05, 0.1) is 49.8 Å². The zero-order valence-electron chi connectivity index (χ0n) is 25.3. The second-order valence-corrected chi connectivity index (χ2v) is 12.9. The molecule has 0 heterocycles. The van der Waals surface area contributed by atoms with E-state index in [-0.39, 0.29) is 34.2 Å². The molecule has 0 rings (SSSR count). The Labute approximate surface area is 213 Å². The first-order valence-electron chi connectivity index (χ1n) is 13.6. The maximum atomic E-state index is 6.46. The van der Waals surface area contributed by atoms with Crippen molar-refractivity contribution in [2.24, 2.45) is 22.7 Å². The van der Waals surface area contributed by atoms with Gasteiger partial charge in [-0.25, -0.2) is 0 Å². The molecule has 4 heteroatoms. The summed E-state index contributed by atoms with van der Waals surface area (Å²) in [6, 6.07) is 0. The lowest BCUT2D eigenvalue weighted by atomic mass is 9.65. The van der Waals surface area contributed by atoms with E-state index in [0.717, 1.165) is 12.8 Å². The summed E-state index contributed by atoms with van der Waals surface area (Å²) < 4.78 is 24.4. The molecule has 0 aromatic carbocycles. The molecule has 0 aliphatic heterocycles. The van der Waals surface area contributed by atoms with Gasteiger partial charge in [0.15, 0.2) is 0 Å². The molecule has 4 nitrogen and oxygen atoms in total. The summed E-state index contributed by atoms with van der Waals surface area (Å²) in [6.45, 7) is 33.4. The second-order valence-electron chi connectivity index (χ2n) is 12.9. The van der Waals surface area contributed by atoms with Crippen LogP contribution in [0.4, 0.5) is 0 Å². The van der Waals surface area contributed by atoms with Crippen LogP contribution in [-0.4, -0.2) is 49.8 Å². The molecule has 0 bridgehead atoms. The average molecular weight is 485 g/mol. The van der Waals surface area contributed by atoms with Crippen molar-refractivity contribution in [3.05, 3.63) is 12.2 Å². The molecule has 0 fully saturated rings. The normalized spacial score (nSPS) is 17.4. The Morgan fingerprint density at radius 2 is 0.794 bits per heavy atom. The van der Waals surface area contributed by atoms with Crippen molar-refractivity contribution in [1.29, 1.82) is 0 Å². The maximum absolute atomic E-state index is 6.46. The van der Waals surface area contributed by atoms with Crippen molar-refractivity contribution in [1.82, 2.24) is 0 Å². The molecule has 0 aliphatic carbocycles. The molecule has 34 heavy (non-hydrogen) atoms. The van der Waals surface area contributed by atoms with Crippen LogP contribution in [0.25, 0.3) is 0 Å². The lowest BCUT2D eigenvalue weighted by Crippen LogP contribution is -2.46. The highest BCUT2D eigenvalue weighted by molar-refractivity contribution is 5.14. The van der Waals surface area contributed by atoms with Gasteiger partial charge >= 0.3 is 0 Å². The van der Waals surface area contributed by atoms with Crippen molar-refractivity contribution in [3.8, 4) is 0 Å². The molecular formula is C30H60O4. The van der Waals surface area contributed by atoms with Gasteiger partial charge in [0.25, 0.3) is 0 Å². The first-order chi connectivity index (χ1) is 15.4. The highest BCUT2D eigenvalue weighted by Gasteiger charge is 2.44. The van der Waals surface area contributed by atoms with Crippen LogP contribution >= 0.6 is 0 Å². The summed E-state index contributed by atoms with van der Waals surface area (Å²) >= 11 is 0. The highest BCUT2D eigenvalue weighted by atomic mass is 16.5. The van der Waals surface area contributed by atoms with Gasteiger partial charge in [0, 0.05) is 10.8 Å². The van der Waals surface area contributed by atoms with Crippen molar-refractivity contribution >= 4 is 0 Å². The van der Waals surface area contributed by atoms with Crippen molar-refractivity contribution in [2.45, 2.75) is 133 Å². The third kappa shape index (κ3) is 11.5. The van der Waals surface area contributed by atoms with E-state index in [2.05, 4.69) is 109 Å². The standard InChI is InChI=1S/C30H60O4/c1-23(2)21-29(13,27(9,10)33-19-17-31-25(5)6)15-16-30(14,22-24(3)4)28(11,12)34-20-18-32-26(7)8/h15-16,23-26H,17-22H2,1-14H3. The Balaban J connectivity index is 5.86. The van der Waals surface area contributed by atoms with Gasteiger partial charge < -0.3 is 18.9 Å². The summed E-state index contributed by atoms with van der Waals surface area (Å²) in [7, 11) is 0. The van der Waals surface area contributed by atoms with E-state index < -0.39 is 0 Å². The Morgan fingerprint density at radius 3 is 1.03 bits per heavy atom. The summed E-state index contributed by atoms with van der Waals surface area (Å²) in [5, 5.41) is 0. The van der Waals surface area contributed by atoms with Crippen LogP contribution in [0, 0.1) is 22.7 Å². The van der Waals surface area contributed by atoms with Crippen LogP contribution in [0.1, 0.15) is 110 Å². The van der Waals surface area contributed by atoms with Gasteiger partial charge in [0.1, 0.15) is 0 Å². The minimum absolute atomic E-state index is 0.131. The molecule has 0 saturated carbocycles. The number of rotatable bonds is 18. The number of hydrogen-bond donors (Lipinski definition) is 0. The third-order valence-corrected chi connectivity index (χ3v) is 7.23. The molecule has 0 radical (unpaired) electrons. The van der Waals surface area contributed by atoms with Gasteiger partial charge in [-0.2, -0.15) is 0 Å². The molecule has 2 unspecified atom stereocenters. The molecule has 204 valence electrons. The summed E-state index contributed by atoms with van der Waals surface area (Å²) in [6.07, 6.45) is 7.38. The predicted molar refractivity (Wildman–Crippen MR) is 147 cm³/mol. The van der Waals surface area contributed by atoms with Crippen molar-refractivity contribution in [3.63, 3.8) is 0 Å². The fourth-order valence-corrected chi connectivity index (χ4v) is 4.58. The Kier molecular flexibility index (Phi) is 14.2. The fourth-order valence-electron chi connectivity index (χ4n) is 4.58. The molecule has 0 N–H and O–H groups in total. The second kappa shape index (κ2) is 14.4. The monoisotopic (exact) mass is 484 g/mol. The van der Waals surface area contributed by atoms with E-state index in [9.17, 15) is 0 Å². The topological polar surface area (TPSA) is 36.9 Å². The van der Waals surface area contributed by atoms with Gasteiger partial charge in [-0.3, -0.25) is 0 Å². The average Bonchev–Trinajstić information content (AvgIpc) is 2.65. The van der Waals surface area contributed by atoms with Crippen LogP contribution in [0.5, 0.6) is 0 Å². The Bertz CT molecular complexity index is 526. The van der Waals surface area contributed by atoms with Crippen LogP contribution in [0.15, 0.2) is 12.2 Å². The molecule has 0 aromatic heterocycles.